The summed E-state index contributed by atoms with van der Waals surface area (Å²) >= 11 is 1.43. The molecule has 2 aromatic heterocycles. The normalized spacial score (nSPS) is 15.7. The second-order valence-corrected chi connectivity index (χ2v) is 10.9. The minimum absolute atomic E-state index is 0.0121. The van der Waals surface area contributed by atoms with Gasteiger partial charge in [-0.25, -0.2) is 9.97 Å². The van der Waals surface area contributed by atoms with Crippen LogP contribution >= 0.6 is 11.3 Å². The fourth-order valence-corrected chi connectivity index (χ4v) is 6.14. The van der Waals surface area contributed by atoms with Crippen molar-refractivity contribution in [3.05, 3.63) is 72.1 Å². The molecule has 2 amide bonds. The number of benzene rings is 2. The van der Waals surface area contributed by atoms with Gasteiger partial charge < -0.3 is 29.9 Å². The third-order valence-corrected chi connectivity index (χ3v) is 8.34. The van der Waals surface area contributed by atoms with Crippen molar-refractivity contribution in [3.63, 3.8) is 0 Å². The Labute approximate surface area is 241 Å². The van der Waals surface area contributed by atoms with E-state index in [0.717, 1.165) is 21.7 Å². The summed E-state index contributed by atoms with van der Waals surface area (Å²) in [5.41, 5.74) is 3.19. The number of piperazine rings is 1. The van der Waals surface area contributed by atoms with Gasteiger partial charge in [0.2, 0.25) is 5.91 Å². The molecule has 2 N–H and O–H groups in total. The maximum atomic E-state index is 13.6. The molecule has 0 bridgehead atoms. The highest BCUT2D eigenvalue weighted by atomic mass is 32.1. The molecule has 0 spiro atoms. The van der Waals surface area contributed by atoms with E-state index in [4.69, 9.17) is 14.7 Å². The molecule has 2 fully saturated rings. The first-order valence-corrected chi connectivity index (χ1v) is 14.3. The number of carbonyl (C=O) groups excluding carboxylic acids is 2. The first-order valence-electron chi connectivity index (χ1n) is 13.5. The summed E-state index contributed by atoms with van der Waals surface area (Å²) in [5, 5.41) is 12.8. The number of fused-ring (bicyclic) bond motifs is 1. The number of ether oxygens (including phenoxy) is 1. The van der Waals surface area contributed by atoms with Crippen LogP contribution in [0.4, 0.5) is 17.2 Å². The first kappa shape index (κ1) is 26.7. The van der Waals surface area contributed by atoms with Gasteiger partial charge in [0.1, 0.15) is 5.75 Å². The van der Waals surface area contributed by atoms with Gasteiger partial charge in [0.25, 0.3) is 5.91 Å². The predicted octanol–water partition coefficient (Wildman–Crippen LogP) is 3.99. The van der Waals surface area contributed by atoms with Gasteiger partial charge in [-0.15, -0.1) is 11.3 Å². The van der Waals surface area contributed by atoms with Gasteiger partial charge >= 0.3 is 0 Å². The van der Waals surface area contributed by atoms with E-state index in [9.17, 15) is 14.7 Å². The number of anilines is 3. The van der Waals surface area contributed by atoms with E-state index in [-0.39, 0.29) is 17.6 Å². The monoisotopic (exact) mass is 570 g/mol. The third-order valence-electron chi connectivity index (χ3n) is 7.23. The Kier molecular flexibility index (Phi) is 7.53. The van der Waals surface area contributed by atoms with E-state index < -0.39 is 0 Å². The number of carbonyl (C=O) groups is 2. The van der Waals surface area contributed by atoms with Gasteiger partial charge in [-0.1, -0.05) is 18.7 Å². The lowest BCUT2D eigenvalue weighted by molar-refractivity contribution is -0.111. The number of rotatable bonds is 6. The van der Waals surface area contributed by atoms with Gasteiger partial charge in [-0.2, -0.15) is 0 Å². The average Bonchev–Trinajstić information content (AvgIpc) is 3.45. The minimum Gasteiger partial charge on any atom is -0.508 e. The lowest BCUT2D eigenvalue weighted by atomic mass is 10.2. The zero-order valence-electron chi connectivity index (χ0n) is 22.5. The van der Waals surface area contributed by atoms with Crippen molar-refractivity contribution in [2.75, 3.05) is 67.6 Å². The molecule has 0 saturated carbocycles. The summed E-state index contributed by atoms with van der Waals surface area (Å²) in [6, 6.07) is 16.4. The van der Waals surface area contributed by atoms with Crippen molar-refractivity contribution in [1.82, 2.24) is 14.9 Å². The molecule has 0 aliphatic carbocycles. The summed E-state index contributed by atoms with van der Waals surface area (Å²) in [6.45, 7) is 8.71. The zero-order chi connectivity index (χ0) is 28.3. The van der Waals surface area contributed by atoms with Gasteiger partial charge in [0.05, 0.1) is 28.3 Å². The number of nitrogens with one attached hydrogen (secondary N) is 1. The quantitative estimate of drug-likeness (QED) is 0.335. The maximum absolute atomic E-state index is 13.6. The number of hydrogen-bond acceptors (Lipinski definition) is 9. The molecule has 2 aliphatic rings. The number of thiophene rings is 1. The molecule has 2 saturated heterocycles. The molecule has 4 aromatic rings. The highest BCUT2D eigenvalue weighted by molar-refractivity contribution is 7.21. The summed E-state index contributed by atoms with van der Waals surface area (Å²) in [5.74, 6) is 1.19. The molecule has 6 rings (SSSR count). The SMILES string of the molecule is C=CC(=O)Nc1ccc(N2CCN(C(=O)c3cc4nc(-c5cccc(O)c5)nc(N5CCOCC5)c4s3)CC2)cc1. The Morgan fingerprint density at radius 2 is 1.71 bits per heavy atom. The molecule has 0 atom stereocenters. The number of hydrogen-bond donors (Lipinski definition) is 2. The van der Waals surface area contributed by atoms with E-state index in [1.165, 1.54) is 17.4 Å². The van der Waals surface area contributed by atoms with E-state index in [1.54, 1.807) is 18.2 Å². The first-order chi connectivity index (χ1) is 20.0. The van der Waals surface area contributed by atoms with Crippen LogP contribution in [0, 0.1) is 0 Å². The molecule has 2 aromatic carbocycles. The van der Waals surface area contributed by atoms with Gasteiger partial charge in [-0.05, 0) is 48.5 Å². The Morgan fingerprint density at radius 3 is 2.41 bits per heavy atom. The highest BCUT2D eigenvalue weighted by Gasteiger charge is 2.26. The molecule has 0 radical (unpaired) electrons. The third kappa shape index (κ3) is 5.72. The van der Waals surface area contributed by atoms with Crippen LogP contribution in [0.5, 0.6) is 5.75 Å². The molecule has 4 heterocycles. The van der Waals surface area contributed by atoms with Crippen LogP contribution < -0.4 is 15.1 Å². The zero-order valence-corrected chi connectivity index (χ0v) is 23.3. The standard InChI is InChI=1S/C30H30N6O4S/c1-2-26(38)31-21-6-8-22(9-7-21)34-10-12-36(13-11-34)30(39)25-19-24-27(41-25)29(35-14-16-40-17-15-35)33-28(32-24)20-4-3-5-23(37)18-20/h2-9,18-19,37H,1,10-17H2,(H,31,38). The van der Waals surface area contributed by atoms with Crippen LogP contribution in [-0.4, -0.2) is 84.3 Å². The molecule has 10 nitrogen and oxygen atoms in total. The fourth-order valence-electron chi connectivity index (χ4n) is 5.06. The smallest absolute Gasteiger partial charge is 0.264 e. The summed E-state index contributed by atoms with van der Waals surface area (Å²) < 4.78 is 6.43. The number of amides is 2. The number of aromatic hydroxyl groups is 1. The minimum atomic E-state index is -0.246. The van der Waals surface area contributed by atoms with Crippen molar-refractivity contribution in [2.24, 2.45) is 0 Å². The molecule has 11 heteroatoms. The largest absolute Gasteiger partial charge is 0.508 e. The molecule has 0 unspecified atom stereocenters. The Bertz CT molecular complexity index is 1590. The second-order valence-electron chi connectivity index (χ2n) is 9.87. The van der Waals surface area contributed by atoms with Gasteiger partial charge in [0.15, 0.2) is 11.6 Å². The topological polar surface area (TPSA) is 111 Å². The summed E-state index contributed by atoms with van der Waals surface area (Å²) in [7, 11) is 0. The molecule has 210 valence electrons. The van der Waals surface area contributed by atoms with Crippen LogP contribution in [-0.2, 0) is 9.53 Å². The number of aromatic nitrogens is 2. The lowest BCUT2D eigenvalue weighted by Crippen LogP contribution is -2.48. The highest BCUT2D eigenvalue weighted by Crippen LogP contribution is 2.35. The maximum Gasteiger partial charge on any atom is 0.264 e. The van der Waals surface area contributed by atoms with Crippen molar-refractivity contribution < 1.29 is 19.4 Å². The van der Waals surface area contributed by atoms with E-state index in [0.29, 0.717) is 74.4 Å². The van der Waals surface area contributed by atoms with Gasteiger partial charge in [0, 0.05) is 56.2 Å². The number of phenolic OH excluding ortho intramolecular Hbond substituents is 1. The molecule has 2 aliphatic heterocycles. The second kappa shape index (κ2) is 11.6. The van der Waals surface area contributed by atoms with Crippen LogP contribution in [0.25, 0.3) is 21.6 Å². The van der Waals surface area contributed by atoms with Crippen molar-refractivity contribution in [3.8, 4) is 17.1 Å². The molecular formula is C30H30N6O4S. The lowest BCUT2D eigenvalue weighted by Gasteiger charge is -2.36. The molecule has 41 heavy (non-hydrogen) atoms. The summed E-state index contributed by atoms with van der Waals surface area (Å²) in [6.07, 6.45) is 1.24. The van der Waals surface area contributed by atoms with Crippen LogP contribution in [0.1, 0.15) is 9.67 Å². The Hall–Kier alpha value is -4.48. The number of morpholine rings is 1. The predicted molar refractivity (Wildman–Crippen MR) is 161 cm³/mol. The van der Waals surface area contributed by atoms with Crippen molar-refractivity contribution >= 4 is 50.6 Å². The number of phenols is 1. The van der Waals surface area contributed by atoms with E-state index in [1.807, 2.05) is 41.3 Å². The summed E-state index contributed by atoms with van der Waals surface area (Å²) in [4.78, 5) is 41.8. The molecular weight excluding hydrogens is 540 g/mol. The van der Waals surface area contributed by atoms with Crippen molar-refractivity contribution in [2.45, 2.75) is 0 Å². The fraction of sp³-hybridized carbons (Fsp3) is 0.267. The Morgan fingerprint density at radius 1 is 0.951 bits per heavy atom. The van der Waals surface area contributed by atoms with Crippen LogP contribution in [0.3, 0.4) is 0 Å². The van der Waals surface area contributed by atoms with Crippen molar-refractivity contribution in [1.29, 1.82) is 0 Å². The average molecular weight is 571 g/mol. The van der Waals surface area contributed by atoms with E-state index >= 15 is 0 Å². The van der Waals surface area contributed by atoms with Crippen LogP contribution in [0.2, 0.25) is 0 Å². The van der Waals surface area contributed by atoms with E-state index in [2.05, 4.69) is 21.7 Å². The van der Waals surface area contributed by atoms with Gasteiger partial charge in [-0.3, -0.25) is 9.59 Å². The Balaban J connectivity index is 1.21. The number of nitrogens with zero attached hydrogens (tertiary/aromatic N) is 5. The van der Waals surface area contributed by atoms with Crippen LogP contribution in [0.15, 0.2) is 67.3 Å².